The molecule has 0 spiro atoms. The van der Waals surface area contributed by atoms with Crippen LogP contribution in [0.25, 0.3) is 21.7 Å². The van der Waals surface area contributed by atoms with Gasteiger partial charge in [0.15, 0.2) is 0 Å². The van der Waals surface area contributed by atoms with Crippen LogP contribution in [0.5, 0.6) is 0 Å². The lowest BCUT2D eigenvalue weighted by atomic mass is 10.1. The van der Waals surface area contributed by atoms with E-state index in [1.807, 2.05) is 32.9 Å². The zero-order valence-corrected chi connectivity index (χ0v) is 19.2. The van der Waals surface area contributed by atoms with Gasteiger partial charge in [0, 0.05) is 5.56 Å². The highest BCUT2D eigenvalue weighted by atomic mass is 32.2. The molecule has 0 unspecified atom stereocenters. The van der Waals surface area contributed by atoms with Crippen LogP contribution >= 0.6 is 23.1 Å². The number of carbonyl (C=O) groups excluding carboxylic acids is 1. The Morgan fingerprint density at radius 2 is 1.90 bits per heavy atom. The Labute approximate surface area is 187 Å². The molecule has 0 fully saturated rings. The lowest BCUT2D eigenvalue weighted by Gasteiger charge is -2.02. The largest absolute Gasteiger partial charge is 0.462 e. The molecule has 0 bridgehead atoms. The van der Waals surface area contributed by atoms with Crippen LogP contribution in [0.3, 0.4) is 0 Å². The van der Waals surface area contributed by atoms with Gasteiger partial charge in [-0.15, -0.1) is 21.5 Å². The normalized spacial score (nSPS) is 11.2. The van der Waals surface area contributed by atoms with Gasteiger partial charge < -0.3 is 14.9 Å². The SMILES string of the molecule is CCOC(=O)c1sc2nc(CSc3nnc(-c4cc(C)cc(C)c4)o3)nc(N)c2c1C. The minimum atomic E-state index is -0.372. The predicted molar refractivity (Wildman–Crippen MR) is 121 cm³/mol. The molecule has 10 heteroatoms. The van der Waals surface area contributed by atoms with Crippen molar-refractivity contribution in [1.29, 1.82) is 0 Å². The van der Waals surface area contributed by atoms with Crippen molar-refractivity contribution in [1.82, 2.24) is 20.2 Å². The van der Waals surface area contributed by atoms with Crippen molar-refractivity contribution in [3.63, 3.8) is 0 Å². The van der Waals surface area contributed by atoms with Crippen LogP contribution in [-0.4, -0.2) is 32.7 Å². The number of anilines is 1. The van der Waals surface area contributed by atoms with E-state index in [0.29, 0.717) is 50.2 Å². The average molecular weight is 456 g/mol. The summed E-state index contributed by atoms with van der Waals surface area (Å²) in [6, 6.07) is 6.10. The van der Waals surface area contributed by atoms with Gasteiger partial charge in [-0.25, -0.2) is 14.8 Å². The molecule has 0 aliphatic carbocycles. The molecule has 0 aliphatic heterocycles. The van der Waals surface area contributed by atoms with E-state index in [2.05, 4.69) is 26.2 Å². The topological polar surface area (TPSA) is 117 Å². The molecule has 1 aromatic carbocycles. The number of aromatic nitrogens is 4. The van der Waals surface area contributed by atoms with Crippen LogP contribution in [0, 0.1) is 20.8 Å². The fraction of sp³-hybridized carbons (Fsp3) is 0.286. The summed E-state index contributed by atoms with van der Waals surface area (Å²) in [6.07, 6.45) is 0. The van der Waals surface area contributed by atoms with E-state index < -0.39 is 0 Å². The number of benzene rings is 1. The molecule has 0 radical (unpaired) electrons. The molecular formula is C21H21N5O3S2. The molecule has 31 heavy (non-hydrogen) atoms. The van der Waals surface area contributed by atoms with E-state index in [1.165, 1.54) is 23.1 Å². The number of hydrogen-bond donors (Lipinski definition) is 1. The van der Waals surface area contributed by atoms with Gasteiger partial charge in [0.05, 0.1) is 17.7 Å². The highest BCUT2D eigenvalue weighted by Crippen LogP contribution is 2.34. The standard InChI is InChI=1S/C21H21N5O3S2/c1-5-28-20(27)16-12(4)15-17(22)23-14(24-19(15)31-16)9-30-21-26-25-18(29-21)13-7-10(2)6-11(3)8-13/h6-8H,5,9H2,1-4H3,(H2,22,23,24). The average Bonchev–Trinajstić information content (AvgIpc) is 3.31. The Hall–Kier alpha value is -2.98. The molecule has 8 nitrogen and oxygen atoms in total. The minimum absolute atomic E-state index is 0.309. The smallest absolute Gasteiger partial charge is 0.348 e. The summed E-state index contributed by atoms with van der Waals surface area (Å²) in [4.78, 5) is 22.3. The molecule has 3 aromatic heterocycles. The highest BCUT2D eigenvalue weighted by molar-refractivity contribution is 7.98. The van der Waals surface area contributed by atoms with Crippen LogP contribution in [-0.2, 0) is 10.5 Å². The van der Waals surface area contributed by atoms with E-state index in [9.17, 15) is 4.79 Å². The van der Waals surface area contributed by atoms with Crippen molar-refractivity contribution < 1.29 is 13.9 Å². The minimum Gasteiger partial charge on any atom is -0.462 e. The van der Waals surface area contributed by atoms with E-state index in [-0.39, 0.29) is 5.97 Å². The van der Waals surface area contributed by atoms with Crippen LogP contribution in [0.4, 0.5) is 5.82 Å². The number of nitrogens with two attached hydrogens (primary N) is 1. The number of fused-ring (bicyclic) bond motifs is 1. The second-order valence-electron chi connectivity index (χ2n) is 7.02. The number of aryl methyl sites for hydroxylation is 3. The molecule has 0 saturated carbocycles. The first-order valence-electron chi connectivity index (χ1n) is 9.63. The number of nitrogens with zero attached hydrogens (tertiary/aromatic N) is 4. The van der Waals surface area contributed by atoms with Crippen LogP contribution in [0.2, 0.25) is 0 Å². The Bertz CT molecular complexity index is 1260. The number of carbonyl (C=O) groups is 1. The van der Waals surface area contributed by atoms with Gasteiger partial charge in [-0.3, -0.25) is 0 Å². The Morgan fingerprint density at radius 1 is 1.16 bits per heavy atom. The molecule has 2 N–H and O–H groups in total. The second kappa shape index (κ2) is 8.64. The lowest BCUT2D eigenvalue weighted by molar-refractivity contribution is 0.0531. The van der Waals surface area contributed by atoms with Crippen molar-refractivity contribution in [3.05, 3.63) is 45.6 Å². The van der Waals surface area contributed by atoms with Gasteiger partial charge in [-0.2, -0.15) is 0 Å². The molecule has 4 rings (SSSR count). The quantitative estimate of drug-likeness (QED) is 0.325. The van der Waals surface area contributed by atoms with E-state index in [0.717, 1.165) is 22.3 Å². The van der Waals surface area contributed by atoms with Gasteiger partial charge in [-0.05, 0) is 45.4 Å². The highest BCUT2D eigenvalue weighted by Gasteiger charge is 2.21. The third-order valence-corrected chi connectivity index (χ3v) is 6.51. The summed E-state index contributed by atoms with van der Waals surface area (Å²) < 4.78 is 10.9. The molecule has 4 aromatic rings. The predicted octanol–water partition coefficient (Wildman–Crippen LogP) is 4.72. The van der Waals surface area contributed by atoms with Crippen LogP contribution in [0.1, 0.15) is 39.1 Å². The fourth-order valence-electron chi connectivity index (χ4n) is 3.28. The summed E-state index contributed by atoms with van der Waals surface area (Å²) >= 11 is 2.59. The van der Waals surface area contributed by atoms with Gasteiger partial charge in [-0.1, -0.05) is 29.0 Å². The number of nitrogen functional groups attached to an aromatic ring is 1. The first-order valence-corrected chi connectivity index (χ1v) is 11.4. The maximum absolute atomic E-state index is 12.2. The van der Waals surface area contributed by atoms with Gasteiger partial charge in [0.2, 0.25) is 5.89 Å². The number of rotatable bonds is 6. The van der Waals surface area contributed by atoms with E-state index in [1.54, 1.807) is 6.92 Å². The van der Waals surface area contributed by atoms with Crippen LogP contribution in [0.15, 0.2) is 27.8 Å². The third kappa shape index (κ3) is 4.40. The first kappa shape index (κ1) is 21.3. The Kier molecular flexibility index (Phi) is 5.92. The van der Waals surface area contributed by atoms with Crippen molar-refractivity contribution in [2.75, 3.05) is 12.3 Å². The van der Waals surface area contributed by atoms with Crippen molar-refractivity contribution in [3.8, 4) is 11.5 Å². The van der Waals surface area contributed by atoms with Gasteiger partial charge >= 0.3 is 5.97 Å². The lowest BCUT2D eigenvalue weighted by Crippen LogP contribution is -2.03. The Balaban J connectivity index is 1.54. The monoisotopic (exact) mass is 455 g/mol. The number of hydrogen-bond acceptors (Lipinski definition) is 10. The van der Waals surface area contributed by atoms with Gasteiger partial charge in [0.1, 0.15) is 21.3 Å². The molecule has 0 atom stereocenters. The molecule has 0 amide bonds. The number of thioether (sulfide) groups is 1. The summed E-state index contributed by atoms with van der Waals surface area (Å²) in [5, 5.41) is 9.38. The summed E-state index contributed by atoms with van der Waals surface area (Å²) in [5.41, 5.74) is 10.1. The Morgan fingerprint density at radius 3 is 2.61 bits per heavy atom. The molecule has 0 aliphatic rings. The first-order chi connectivity index (χ1) is 14.9. The number of thiophene rings is 1. The van der Waals surface area contributed by atoms with Crippen LogP contribution < -0.4 is 5.73 Å². The second-order valence-corrected chi connectivity index (χ2v) is 8.95. The summed E-state index contributed by atoms with van der Waals surface area (Å²) in [7, 11) is 0. The maximum Gasteiger partial charge on any atom is 0.348 e. The summed E-state index contributed by atoms with van der Waals surface area (Å²) in [5.74, 6) is 1.37. The fourth-order valence-corrected chi connectivity index (χ4v) is 5.00. The van der Waals surface area contributed by atoms with Crippen molar-refractivity contribution in [2.45, 2.75) is 38.7 Å². The zero-order chi connectivity index (χ0) is 22.1. The van der Waals surface area contributed by atoms with Crippen molar-refractivity contribution in [2.24, 2.45) is 0 Å². The summed E-state index contributed by atoms with van der Waals surface area (Å²) in [6.45, 7) is 7.96. The van der Waals surface area contributed by atoms with Crippen molar-refractivity contribution >= 4 is 45.1 Å². The molecule has 0 saturated heterocycles. The maximum atomic E-state index is 12.2. The van der Waals surface area contributed by atoms with E-state index >= 15 is 0 Å². The third-order valence-electron chi connectivity index (χ3n) is 4.53. The molecule has 160 valence electrons. The molecule has 3 heterocycles. The molecular weight excluding hydrogens is 434 g/mol. The zero-order valence-electron chi connectivity index (χ0n) is 17.6. The number of ether oxygens (including phenoxy) is 1. The van der Waals surface area contributed by atoms with E-state index in [4.69, 9.17) is 14.9 Å². The van der Waals surface area contributed by atoms with Gasteiger partial charge in [0.25, 0.3) is 5.22 Å². The number of esters is 1.